The highest BCUT2D eigenvalue weighted by Gasteiger charge is 2.22. The van der Waals surface area contributed by atoms with Gasteiger partial charge in [-0.15, -0.1) is 0 Å². The first-order chi connectivity index (χ1) is 13.1. The third-order valence-electron chi connectivity index (χ3n) is 5.52. The summed E-state index contributed by atoms with van der Waals surface area (Å²) >= 11 is 0. The molecule has 2 unspecified atom stereocenters. The van der Waals surface area contributed by atoms with E-state index in [0.29, 0.717) is 6.54 Å². The van der Waals surface area contributed by atoms with Crippen LogP contribution in [0.25, 0.3) is 0 Å². The summed E-state index contributed by atoms with van der Waals surface area (Å²) in [6, 6.07) is 8.12. The van der Waals surface area contributed by atoms with Gasteiger partial charge < -0.3 is 15.0 Å². The second-order valence-electron chi connectivity index (χ2n) is 8.15. The summed E-state index contributed by atoms with van der Waals surface area (Å²) < 4.78 is 5.79. The third kappa shape index (κ3) is 6.68. The first-order valence-corrected chi connectivity index (χ1v) is 10.5. The number of hydrogen-bond donors (Lipinski definition) is 1. The number of ketones is 1. The van der Waals surface area contributed by atoms with Gasteiger partial charge >= 0.3 is 0 Å². The van der Waals surface area contributed by atoms with Crippen LogP contribution in [-0.4, -0.2) is 73.6 Å². The number of nitrogens with one attached hydrogen (secondary N) is 1. The van der Waals surface area contributed by atoms with Gasteiger partial charge in [-0.05, 0) is 45.3 Å². The Balaban J connectivity index is 1.39. The number of benzene rings is 1. The van der Waals surface area contributed by atoms with E-state index in [9.17, 15) is 4.79 Å². The standard InChI is InChI=1S/C22H35N3O2/c1-18-15-25(16-19(2)27-18)17-20-6-8-21(9-7-20)22(26)14-23-10-13-24-11-4-3-5-12-24/h6-9,18-19,23H,3-5,10-17H2,1-2H3. The minimum atomic E-state index is 0.175. The molecular formula is C22H35N3O2. The summed E-state index contributed by atoms with van der Waals surface area (Å²) in [4.78, 5) is 17.3. The van der Waals surface area contributed by atoms with Gasteiger partial charge in [0.2, 0.25) is 0 Å². The molecule has 2 fully saturated rings. The fourth-order valence-corrected chi connectivity index (χ4v) is 4.19. The van der Waals surface area contributed by atoms with Crippen molar-refractivity contribution < 1.29 is 9.53 Å². The van der Waals surface area contributed by atoms with Gasteiger partial charge in [0.1, 0.15) is 0 Å². The molecule has 2 heterocycles. The molecule has 5 nitrogen and oxygen atoms in total. The molecule has 0 radical (unpaired) electrons. The second-order valence-corrected chi connectivity index (χ2v) is 8.15. The number of morpholine rings is 1. The molecule has 2 saturated heterocycles. The zero-order chi connectivity index (χ0) is 19.1. The fourth-order valence-electron chi connectivity index (χ4n) is 4.19. The number of Topliss-reactive ketones (excluding diaryl/α,β-unsaturated/α-hetero) is 1. The molecule has 3 rings (SSSR count). The van der Waals surface area contributed by atoms with Gasteiger partial charge in [0.15, 0.2) is 5.78 Å². The summed E-state index contributed by atoms with van der Waals surface area (Å²) in [5.41, 5.74) is 2.05. The highest BCUT2D eigenvalue weighted by Crippen LogP contribution is 2.15. The Hall–Kier alpha value is -1.27. The van der Waals surface area contributed by atoms with Gasteiger partial charge in [-0.1, -0.05) is 30.7 Å². The van der Waals surface area contributed by atoms with Crippen molar-refractivity contribution in [3.8, 4) is 0 Å². The maximum Gasteiger partial charge on any atom is 0.176 e. The molecular weight excluding hydrogens is 338 g/mol. The number of ether oxygens (including phenoxy) is 1. The maximum atomic E-state index is 12.4. The van der Waals surface area contributed by atoms with Crippen LogP contribution in [0.1, 0.15) is 49.0 Å². The van der Waals surface area contributed by atoms with E-state index in [1.807, 2.05) is 12.1 Å². The minimum Gasteiger partial charge on any atom is -0.373 e. The first-order valence-electron chi connectivity index (χ1n) is 10.5. The van der Waals surface area contributed by atoms with Crippen molar-refractivity contribution in [2.75, 3.05) is 45.8 Å². The lowest BCUT2D eigenvalue weighted by molar-refractivity contribution is -0.0704. The Kier molecular flexibility index (Phi) is 7.82. The number of carbonyl (C=O) groups is 1. The monoisotopic (exact) mass is 373 g/mol. The summed E-state index contributed by atoms with van der Waals surface area (Å²) in [6.45, 7) is 11.9. The fraction of sp³-hybridized carbons (Fsp3) is 0.682. The van der Waals surface area contributed by atoms with Crippen LogP contribution in [0.3, 0.4) is 0 Å². The van der Waals surface area contributed by atoms with E-state index in [0.717, 1.165) is 38.3 Å². The number of nitrogens with zero attached hydrogens (tertiary/aromatic N) is 2. The van der Waals surface area contributed by atoms with Crippen molar-refractivity contribution in [3.05, 3.63) is 35.4 Å². The Morgan fingerprint density at radius 3 is 2.37 bits per heavy atom. The lowest BCUT2D eigenvalue weighted by atomic mass is 10.1. The predicted molar refractivity (Wildman–Crippen MR) is 109 cm³/mol. The molecule has 2 aliphatic heterocycles. The van der Waals surface area contributed by atoms with Crippen molar-refractivity contribution in [1.82, 2.24) is 15.1 Å². The highest BCUT2D eigenvalue weighted by atomic mass is 16.5. The SMILES string of the molecule is CC1CN(Cc2ccc(C(=O)CNCCN3CCCCC3)cc2)CC(C)O1. The predicted octanol–water partition coefficient (Wildman–Crippen LogP) is 2.55. The van der Waals surface area contributed by atoms with E-state index in [1.54, 1.807) is 0 Å². The molecule has 150 valence electrons. The van der Waals surface area contributed by atoms with E-state index in [1.165, 1.54) is 37.9 Å². The first kappa shape index (κ1) is 20.5. The van der Waals surface area contributed by atoms with Gasteiger partial charge in [0.25, 0.3) is 0 Å². The Bertz CT molecular complexity index is 574. The lowest BCUT2D eigenvalue weighted by Crippen LogP contribution is -2.44. The summed E-state index contributed by atoms with van der Waals surface area (Å²) in [6.07, 6.45) is 4.56. The summed E-state index contributed by atoms with van der Waals surface area (Å²) in [5.74, 6) is 0.175. The zero-order valence-corrected chi connectivity index (χ0v) is 17.0. The average Bonchev–Trinajstić information content (AvgIpc) is 2.66. The molecule has 1 aromatic rings. The molecule has 0 aliphatic carbocycles. The van der Waals surface area contributed by atoms with Crippen LogP contribution in [0.2, 0.25) is 0 Å². The number of carbonyl (C=O) groups excluding carboxylic acids is 1. The molecule has 1 aromatic carbocycles. The normalized spacial score (nSPS) is 24.8. The number of piperidine rings is 1. The van der Waals surface area contributed by atoms with Crippen LogP contribution >= 0.6 is 0 Å². The topological polar surface area (TPSA) is 44.8 Å². The van der Waals surface area contributed by atoms with Crippen LogP contribution < -0.4 is 5.32 Å². The van der Waals surface area contributed by atoms with Gasteiger partial charge in [-0.3, -0.25) is 9.69 Å². The van der Waals surface area contributed by atoms with Crippen LogP contribution in [-0.2, 0) is 11.3 Å². The largest absolute Gasteiger partial charge is 0.373 e. The lowest BCUT2D eigenvalue weighted by Gasteiger charge is -2.35. The number of rotatable bonds is 8. The quantitative estimate of drug-likeness (QED) is 0.560. The van der Waals surface area contributed by atoms with Crippen LogP contribution in [0.4, 0.5) is 0 Å². The summed E-state index contributed by atoms with van der Waals surface area (Å²) in [5, 5.41) is 3.31. The van der Waals surface area contributed by atoms with E-state index >= 15 is 0 Å². The van der Waals surface area contributed by atoms with Gasteiger partial charge in [-0.2, -0.15) is 0 Å². The van der Waals surface area contributed by atoms with Gasteiger partial charge in [0, 0.05) is 38.3 Å². The van der Waals surface area contributed by atoms with Crippen LogP contribution in [0.5, 0.6) is 0 Å². The van der Waals surface area contributed by atoms with Crippen molar-refractivity contribution in [2.24, 2.45) is 0 Å². The van der Waals surface area contributed by atoms with E-state index < -0.39 is 0 Å². The molecule has 0 amide bonds. The third-order valence-corrected chi connectivity index (χ3v) is 5.52. The van der Waals surface area contributed by atoms with Crippen LogP contribution in [0, 0.1) is 0 Å². The minimum absolute atomic E-state index is 0.175. The van der Waals surface area contributed by atoms with Crippen LogP contribution in [0.15, 0.2) is 24.3 Å². The molecule has 2 atom stereocenters. The van der Waals surface area contributed by atoms with Crippen molar-refractivity contribution in [2.45, 2.75) is 51.9 Å². The maximum absolute atomic E-state index is 12.4. The molecule has 0 spiro atoms. The average molecular weight is 374 g/mol. The molecule has 0 bridgehead atoms. The molecule has 0 saturated carbocycles. The molecule has 0 aromatic heterocycles. The van der Waals surface area contributed by atoms with E-state index in [4.69, 9.17) is 4.74 Å². The smallest absolute Gasteiger partial charge is 0.176 e. The second kappa shape index (κ2) is 10.3. The number of likely N-dealkylation sites (tertiary alicyclic amines) is 1. The van der Waals surface area contributed by atoms with Gasteiger partial charge in [-0.25, -0.2) is 0 Å². The zero-order valence-electron chi connectivity index (χ0n) is 17.0. The van der Waals surface area contributed by atoms with Crippen molar-refractivity contribution >= 4 is 5.78 Å². The summed E-state index contributed by atoms with van der Waals surface area (Å²) in [7, 11) is 0. The molecule has 27 heavy (non-hydrogen) atoms. The Labute approximate surface area is 164 Å². The highest BCUT2D eigenvalue weighted by molar-refractivity contribution is 5.97. The molecule has 2 aliphatic rings. The molecule has 5 heteroatoms. The number of hydrogen-bond acceptors (Lipinski definition) is 5. The Morgan fingerprint density at radius 2 is 1.70 bits per heavy atom. The Morgan fingerprint density at radius 1 is 1.04 bits per heavy atom. The van der Waals surface area contributed by atoms with E-state index in [2.05, 4.69) is 41.1 Å². The molecule has 1 N–H and O–H groups in total. The van der Waals surface area contributed by atoms with Gasteiger partial charge in [0.05, 0.1) is 18.8 Å². The van der Waals surface area contributed by atoms with Crippen molar-refractivity contribution in [1.29, 1.82) is 0 Å². The van der Waals surface area contributed by atoms with E-state index in [-0.39, 0.29) is 18.0 Å². The van der Waals surface area contributed by atoms with Crippen molar-refractivity contribution in [3.63, 3.8) is 0 Å².